The number of amides is 1. The van der Waals surface area contributed by atoms with Crippen LogP contribution in [-0.2, 0) is 0 Å². The molecule has 1 heterocycles. The molecular weight excluding hydrogens is 238 g/mol. The predicted molar refractivity (Wildman–Crippen MR) is 72.5 cm³/mol. The lowest BCUT2D eigenvalue weighted by Gasteiger charge is -2.21. The number of nitrogens with one attached hydrogen (secondary N) is 1. The Hall–Kier alpha value is -1.89. The summed E-state index contributed by atoms with van der Waals surface area (Å²) < 4.78 is 0. The summed E-state index contributed by atoms with van der Waals surface area (Å²) in [5, 5.41) is 11.6. The molecule has 0 spiro atoms. The van der Waals surface area contributed by atoms with E-state index in [0.29, 0.717) is 12.2 Å². The van der Waals surface area contributed by atoms with E-state index >= 15 is 0 Å². The molecule has 0 bridgehead atoms. The Morgan fingerprint density at radius 3 is 2.89 bits per heavy atom. The van der Waals surface area contributed by atoms with Crippen LogP contribution in [0, 0.1) is 17.2 Å². The first-order valence-electron chi connectivity index (χ1n) is 6.95. The highest BCUT2D eigenvalue weighted by molar-refractivity contribution is 5.92. The van der Waals surface area contributed by atoms with Crippen LogP contribution in [0.4, 0.5) is 0 Å². The van der Waals surface area contributed by atoms with Gasteiger partial charge in [0.15, 0.2) is 0 Å². The summed E-state index contributed by atoms with van der Waals surface area (Å²) >= 11 is 0. The van der Waals surface area contributed by atoms with Crippen molar-refractivity contribution in [2.75, 3.05) is 6.54 Å². The van der Waals surface area contributed by atoms with Crippen LogP contribution in [-0.4, -0.2) is 17.4 Å². The fourth-order valence-corrected chi connectivity index (χ4v) is 2.58. The lowest BCUT2D eigenvalue weighted by molar-refractivity contribution is 0.0945. The molecule has 1 aromatic heterocycles. The zero-order valence-corrected chi connectivity index (χ0v) is 11.1. The molecular formula is C15H19N3O. The summed E-state index contributed by atoms with van der Waals surface area (Å²) in [6.45, 7) is 0.696. The normalized spacial score (nSPS) is 15.7. The molecule has 4 nitrogen and oxygen atoms in total. The van der Waals surface area contributed by atoms with Gasteiger partial charge in [-0.2, -0.15) is 5.26 Å². The third-order valence-electron chi connectivity index (χ3n) is 3.66. The van der Waals surface area contributed by atoms with Gasteiger partial charge in [-0.15, -0.1) is 0 Å². The Morgan fingerprint density at radius 2 is 2.16 bits per heavy atom. The van der Waals surface area contributed by atoms with Crippen LogP contribution in [0.2, 0.25) is 0 Å². The maximum atomic E-state index is 11.9. The lowest BCUT2D eigenvalue weighted by atomic mass is 9.87. The molecule has 4 heteroatoms. The number of carbonyl (C=O) groups is 1. The Morgan fingerprint density at radius 1 is 1.37 bits per heavy atom. The fourth-order valence-electron chi connectivity index (χ4n) is 2.58. The van der Waals surface area contributed by atoms with Crippen molar-refractivity contribution < 1.29 is 4.79 Å². The smallest absolute Gasteiger partial charge is 0.269 e. The molecule has 0 aliphatic heterocycles. The van der Waals surface area contributed by atoms with Crippen molar-refractivity contribution in [3.63, 3.8) is 0 Å². The second-order valence-electron chi connectivity index (χ2n) is 5.07. The molecule has 1 saturated carbocycles. The first-order chi connectivity index (χ1) is 9.29. The van der Waals surface area contributed by atoms with Crippen molar-refractivity contribution in [2.24, 2.45) is 5.92 Å². The van der Waals surface area contributed by atoms with Crippen LogP contribution >= 0.6 is 0 Å². The van der Waals surface area contributed by atoms with E-state index in [2.05, 4.69) is 10.3 Å². The Balaban J connectivity index is 1.79. The van der Waals surface area contributed by atoms with Crippen molar-refractivity contribution in [3.05, 3.63) is 29.6 Å². The average molecular weight is 257 g/mol. The first kappa shape index (κ1) is 13.5. The molecule has 0 saturated heterocycles. The molecule has 0 atom stereocenters. The summed E-state index contributed by atoms with van der Waals surface area (Å²) in [5.41, 5.74) is 0.600. The van der Waals surface area contributed by atoms with Gasteiger partial charge < -0.3 is 5.32 Å². The number of hydrogen-bond acceptors (Lipinski definition) is 3. The number of rotatable bonds is 4. The molecule has 1 N–H and O–H groups in total. The van der Waals surface area contributed by atoms with Gasteiger partial charge in [0.25, 0.3) is 5.91 Å². The minimum absolute atomic E-state index is 0.187. The molecule has 0 aromatic carbocycles. The van der Waals surface area contributed by atoms with E-state index in [1.54, 1.807) is 18.2 Å². The van der Waals surface area contributed by atoms with Gasteiger partial charge in [-0.3, -0.25) is 4.79 Å². The molecule has 1 aliphatic carbocycles. The minimum atomic E-state index is -0.187. The van der Waals surface area contributed by atoms with Crippen LogP contribution < -0.4 is 5.32 Å². The second-order valence-corrected chi connectivity index (χ2v) is 5.07. The third kappa shape index (κ3) is 4.06. The van der Waals surface area contributed by atoms with Gasteiger partial charge in [0.2, 0.25) is 0 Å². The summed E-state index contributed by atoms with van der Waals surface area (Å²) in [4.78, 5) is 15.9. The Labute approximate surface area is 113 Å². The van der Waals surface area contributed by atoms with Crippen LogP contribution in [0.15, 0.2) is 18.2 Å². The second kappa shape index (κ2) is 6.89. The van der Waals surface area contributed by atoms with E-state index in [-0.39, 0.29) is 11.6 Å². The molecule has 2 rings (SSSR count). The highest BCUT2D eigenvalue weighted by atomic mass is 16.1. The maximum absolute atomic E-state index is 11.9. The minimum Gasteiger partial charge on any atom is -0.351 e. The topological polar surface area (TPSA) is 65.8 Å². The number of carbonyl (C=O) groups excluding carboxylic acids is 1. The Kier molecular flexibility index (Phi) is 4.91. The third-order valence-corrected chi connectivity index (χ3v) is 3.66. The van der Waals surface area contributed by atoms with Gasteiger partial charge in [-0.1, -0.05) is 38.2 Å². The van der Waals surface area contributed by atoms with Gasteiger partial charge in [0.05, 0.1) is 0 Å². The predicted octanol–water partition coefficient (Wildman–Crippen LogP) is 2.65. The summed E-state index contributed by atoms with van der Waals surface area (Å²) in [7, 11) is 0. The molecule has 100 valence electrons. The van der Waals surface area contributed by atoms with Crippen molar-refractivity contribution in [3.8, 4) is 6.07 Å². The van der Waals surface area contributed by atoms with E-state index < -0.39 is 0 Å². The zero-order valence-electron chi connectivity index (χ0n) is 11.1. The lowest BCUT2D eigenvalue weighted by Crippen LogP contribution is -2.27. The molecule has 1 fully saturated rings. The van der Waals surface area contributed by atoms with Crippen molar-refractivity contribution >= 4 is 5.91 Å². The monoisotopic (exact) mass is 257 g/mol. The van der Waals surface area contributed by atoms with Gasteiger partial charge in [-0.25, -0.2) is 4.98 Å². The fraction of sp³-hybridized carbons (Fsp3) is 0.533. The average Bonchev–Trinajstić information content (AvgIpc) is 2.48. The number of nitriles is 1. The highest BCUT2D eigenvalue weighted by Gasteiger charge is 2.14. The molecule has 0 radical (unpaired) electrons. The summed E-state index contributed by atoms with van der Waals surface area (Å²) in [6.07, 6.45) is 7.63. The van der Waals surface area contributed by atoms with Crippen molar-refractivity contribution in [1.82, 2.24) is 10.3 Å². The van der Waals surface area contributed by atoms with E-state index in [0.717, 1.165) is 12.3 Å². The van der Waals surface area contributed by atoms with E-state index in [9.17, 15) is 4.79 Å². The van der Waals surface area contributed by atoms with E-state index in [1.165, 1.54) is 32.1 Å². The molecule has 0 unspecified atom stereocenters. The molecule has 19 heavy (non-hydrogen) atoms. The van der Waals surface area contributed by atoms with E-state index in [4.69, 9.17) is 5.26 Å². The maximum Gasteiger partial charge on any atom is 0.269 e. The van der Waals surface area contributed by atoms with Crippen molar-refractivity contribution in [1.29, 1.82) is 5.26 Å². The van der Waals surface area contributed by atoms with Crippen LogP contribution in [0.3, 0.4) is 0 Å². The van der Waals surface area contributed by atoms with Gasteiger partial charge in [0, 0.05) is 6.54 Å². The number of aromatic nitrogens is 1. The number of hydrogen-bond donors (Lipinski definition) is 1. The SMILES string of the molecule is N#Cc1cccc(C(=O)NCCC2CCCCC2)n1. The largest absolute Gasteiger partial charge is 0.351 e. The molecule has 1 amide bonds. The highest BCUT2D eigenvalue weighted by Crippen LogP contribution is 2.25. The summed E-state index contributed by atoms with van der Waals surface area (Å²) in [6, 6.07) is 6.85. The molecule has 1 aliphatic rings. The van der Waals surface area contributed by atoms with Crippen LogP contribution in [0.5, 0.6) is 0 Å². The number of nitrogens with zero attached hydrogens (tertiary/aromatic N) is 2. The van der Waals surface area contributed by atoms with Crippen molar-refractivity contribution in [2.45, 2.75) is 38.5 Å². The number of pyridine rings is 1. The van der Waals surface area contributed by atoms with E-state index in [1.807, 2.05) is 6.07 Å². The van der Waals surface area contributed by atoms with Gasteiger partial charge in [-0.05, 0) is 24.5 Å². The Bertz CT molecular complexity index is 473. The zero-order chi connectivity index (χ0) is 13.5. The summed E-state index contributed by atoms with van der Waals surface area (Å²) in [5.74, 6) is 0.570. The molecule has 1 aromatic rings. The van der Waals surface area contributed by atoms with Gasteiger partial charge >= 0.3 is 0 Å². The van der Waals surface area contributed by atoms with Crippen LogP contribution in [0.25, 0.3) is 0 Å². The van der Waals surface area contributed by atoms with Gasteiger partial charge in [0.1, 0.15) is 17.5 Å². The first-order valence-corrected chi connectivity index (χ1v) is 6.95. The standard InChI is InChI=1S/C15H19N3O/c16-11-13-7-4-8-14(18-13)15(19)17-10-9-12-5-2-1-3-6-12/h4,7-8,12H,1-3,5-6,9-10H2,(H,17,19). The quantitative estimate of drug-likeness (QED) is 0.901. The van der Waals surface area contributed by atoms with Crippen LogP contribution in [0.1, 0.15) is 54.7 Å².